The van der Waals surface area contributed by atoms with Crippen molar-refractivity contribution in [2.24, 2.45) is 11.5 Å². The summed E-state index contributed by atoms with van der Waals surface area (Å²) in [5.74, 6) is -7.00. The molecule has 0 saturated heterocycles. The Labute approximate surface area is 176 Å². The van der Waals surface area contributed by atoms with E-state index in [2.05, 4.69) is 23.3 Å². The number of carbonyl (C=O) groups is 6. The van der Waals surface area contributed by atoms with Crippen molar-refractivity contribution in [2.75, 3.05) is 12.4 Å². The third kappa shape index (κ3) is 10.0. The lowest BCUT2D eigenvalue weighted by molar-refractivity contribution is -0.147. The topological polar surface area (TPSA) is 251 Å². The Kier molecular flexibility index (Phi) is 12.0. The van der Waals surface area contributed by atoms with E-state index >= 15 is 0 Å². The van der Waals surface area contributed by atoms with Gasteiger partial charge in [-0.2, -0.15) is 12.6 Å². The van der Waals surface area contributed by atoms with Gasteiger partial charge in [-0.15, -0.1) is 0 Å². The maximum Gasteiger partial charge on any atom is 0.326 e. The van der Waals surface area contributed by atoms with Crippen LogP contribution in [0.1, 0.15) is 19.3 Å². The van der Waals surface area contributed by atoms with Gasteiger partial charge in [-0.3, -0.25) is 24.0 Å². The molecule has 0 aromatic rings. The van der Waals surface area contributed by atoms with E-state index in [0.29, 0.717) is 0 Å². The van der Waals surface area contributed by atoms with E-state index < -0.39 is 72.8 Å². The van der Waals surface area contributed by atoms with Gasteiger partial charge in [0.15, 0.2) is 0 Å². The number of hydrogen-bond acceptors (Lipinski definition) is 9. The lowest BCUT2D eigenvalue weighted by atomic mass is 10.1. The van der Waals surface area contributed by atoms with E-state index in [-0.39, 0.29) is 18.6 Å². The fraction of sp³-hybridized carbons (Fsp3) is 0.600. The highest BCUT2D eigenvalue weighted by Crippen LogP contribution is 2.02. The molecule has 0 aromatic carbocycles. The van der Waals surface area contributed by atoms with Crippen molar-refractivity contribution >= 4 is 48.2 Å². The zero-order valence-electron chi connectivity index (χ0n) is 15.7. The molecule has 4 unspecified atom stereocenters. The Morgan fingerprint density at radius 3 is 1.80 bits per heavy atom. The molecule has 0 spiro atoms. The number of primary amides is 1. The average molecular weight is 451 g/mol. The molecule has 4 amide bonds. The molecule has 10 N–H and O–H groups in total. The Balaban J connectivity index is 5.26. The number of carbonyl (C=O) groups excluding carboxylic acids is 4. The average Bonchev–Trinajstić information content (AvgIpc) is 2.66. The zero-order valence-corrected chi connectivity index (χ0v) is 16.6. The van der Waals surface area contributed by atoms with Gasteiger partial charge in [-0.25, -0.2) is 4.79 Å². The van der Waals surface area contributed by atoms with Crippen LogP contribution in [-0.2, 0) is 28.8 Å². The number of carboxylic acid groups (broad SMARTS) is 2. The van der Waals surface area contributed by atoms with E-state index in [4.69, 9.17) is 26.8 Å². The number of nitrogens with two attached hydrogens (primary N) is 2. The van der Waals surface area contributed by atoms with Gasteiger partial charge in [-0.1, -0.05) is 0 Å². The Bertz CT molecular complexity index is 675. The van der Waals surface area contributed by atoms with Crippen molar-refractivity contribution in [2.45, 2.75) is 43.4 Å². The summed E-state index contributed by atoms with van der Waals surface area (Å²) in [5.41, 5.74) is 10.4. The van der Waals surface area contributed by atoms with Crippen molar-refractivity contribution < 1.29 is 44.1 Å². The number of carboxylic acids is 2. The molecule has 14 nitrogen and oxygen atoms in total. The van der Waals surface area contributed by atoms with Gasteiger partial charge in [0.25, 0.3) is 0 Å². The SMILES string of the molecule is NC(=O)CCC(NC(=O)C(N)CO)C(=O)NC(CS)C(=O)NC(CC(=O)O)C(=O)O. The molecule has 0 fully saturated rings. The second kappa shape index (κ2) is 13.3. The molecule has 30 heavy (non-hydrogen) atoms. The summed E-state index contributed by atoms with van der Waals surface area (Å²) < 4.78 is 0. The van der Waals surface area contributed by atoms with Crippen LogP contribution in [-0.4, -0.2) is 87.4 Å². The minimum atomic E-state index is -1.75. The first-order chi connectivity index (χ1) is 13.9. The maximum absolute atomic E-state index is 12.5. The highest BCUT2D eigenvalue weighted by atomic mass is 32.1. The van der Waals surface area contributed by atoms with Gasteiger partial charge in [-0.05, 0) is 6.42 Å². The first-order valence-electron chi connectivity index (χ1n) is 8.54. The van der Waals surface area contributed by atoms with Gasteiger partial charge in [0.2, 0.25) is 23.6 Å². The molecule has 0 radical (unpaired) electrons. The van der Waals surface area contributed by atoms with Crippen molar-refractivity contribution in [3.05, 3.63) is 0 Å². The number of hydrogen-bond donors (Lipinski definition) is 9. The van der Waals surface area contributed by atoms with Crippen LogP contribution >= 0.6 is 12.6 Å². The second-order valence-corrected chi connectivity index (χ2v) is 6.46. The van der Waals surface area contributed by atoms with Crippen LogP contribution < -0.4 is 27.4 Å². The third-order valence-corrected chi connectivity index (χ3v) is 4.02. The summed E-state index contributed by atoms with van der Waals surface area (Å²) in [6.45, 7) is -0.710. The number of nitrogens with one attached hydrogen (secondary N) is 3. The van der Waals surface area contributed by atoms with E-state index in [1.54, 1.807) is 0 Å². The molecule has 0 saturated carbocycles. The number of thiol groups is 1. The van der Waals surface area contributed by atoms with Crippen molar-refractivity contribution in [1.29, 1.82) is 0 Å². The van der Waals surface area contributed by atoms with Gasteiger partial charge >= 0.3 is 11.9 Å². The van der Waals surface area contributed by atoms with E-state index in [1.807, 2.05) is 5.32 Å². The molecule has 0 aliphatic rings. The fourth-order valence-corrected chi connectivity index (χ4v) is 2.29. The highest BCUT2D eigenvalue weighted by molar-refractivity contribution is 7.80. The minimum absolute atomic E-state index is 0.247. The summed E-state index contributed by atoms with van der Waals surface area (Å²) in [7, 11) is 0. The van der Waals surface area contributed by atoms with E-state index in [1.165, 1.54) is 0 Å². The minimum Gasteiger partial charge on any atom is -0.481 e. The van der Waals surface area contributed by atoms with Gasteiger partial charge in [0.05, 0.1) is 13.0 Å². The molecule has 4 atom stereocenters. The number of rotatable bonds is 14. The standard InChI is InChI=1S/C15H25N5O9S/c16-6(4-21)12(25)18-7(1-2-10(17)22)13(26)20-9(5-30)14(27)19-8(15(28)29)3-11(23)24/h6-9,21,30H,1-5,16H2,(H2,17,22)(H,18,25)(H,19,27)(H,20,26)(H,23,24)(H,28,29). The molecule has 0 aliphatic carbocycles. The first kappa shape index (κ1) is 27.1. The lowest BCUT2D eigenvalue weighted by Crippen LogP contribution is -2.58. The Morgan fingerprint density at radius 2 is 1.37 bits per heavy atom. The van der Waals surface area contributed by atoms with Crippen LogP contribution in [0.4, 0.5) is 0 Å². The quantitative estimate of drug-likeness (QED) is 0.114. The molecule has 0 rings (SSSR count). The van der Waals surface area contributed by atoms with Crippen molar-refractivity contribution in [3.63, 3.8) is 0 Å². The highest BCUT2D eigenvalue weighted by Gasteiger charge is 2.30. The monoisotopic (exact) mass is 451 g/mol. The van der Waals surface area contributed by atoms with Gasteiger partial charge in [0.1, 0.15) is 24.2 Å². The molecule has 0 heterocycles. The molecule has 170 valence electrons. The van der Waals surface area contributed by atoms with Crippen molar-refractivity contribution in [3.8, 4) is 0 Å². The summed E-state index contributed by atoms with van der Waals surface area (Å²) in [5, 5.41) is 33.0. The first-order valence-corrected chi connectivity index (χ1v) is 9.17. The van der Waals surface area contributed by atoms with Crippen LogP contribution in [0.3, 0.4) is 0 Å². The smallest absolute Gasteiger partial charge is 0.326 e. The molecular formula is C15H25N5O9S. The number of aliphatic hydroxyl groups excluding tert-OH is 1. The predicted octanol–water partition coefficient (Wildman–Crippen LogP) is -4.48. The lowest BCUT2D eigenvalue weighted by Gasteiger charge is -2.23. The molecule has 0 aliphatic heterocycles. The molecule has 15 heteroatoms. The fourth-order valence-electron chi connectivity index (χ4n) is 2.03. The molecule has 0 bridgehead atoms. The summed E-state index contributed by atoms with van der Waals surface area (Å²) >= 11 is 3.89. The van der Waals surface area contributed by atoms with Gasteiger partial charge < -0.3 is 42.7 Å². The van der Waals surface area contributed by atoms with Crippen molar-refractivity contribution in [1.82, 2.24) is 16.0 Å². The third-order valence-electron chi connectivity index (χ3n) is 3.65. The maximum atomic E-state index is 12.5. The number of aliphatic hydroxyl groups is 1. The second-order valence-electron chi connectivity index (χ2n) is 6.10. The summed E-state index contributed by atoms with van der Waals surface area (Å²) in [6, 6.07) is -5.84. The number of amides is 4. The summed E-state index contributed by atoms with van der Waals surface area (Å²) in [4.78, 5) is 69.3. The normalized spacial score (nSPS) is 14.5. The number of aliphatic carboxylic acids is 2. The van der Waals surface area contributed by atoms with Crippen LogP contribution in [0.5, 0.6) is 0 Å². The molecule has 0 aromatic heterocycles. The van der Waals surface area contributed by atoms with E-state index in [0.717, 1.165) is 0 Å². The van der Waals surface area contributed by atoms with Gasteiger partial charge in [0, 0.05) is 12.2 Å². The van der Waals surface area contributed by atoms with Crippen LogP contribution in [0, 0.1) is 0 Å². The zero-order chi connectivity index (χ0) is 23.4. The van der Waals surface area contributed by atoms with Crippen LogP contribution in [0.2, 0.25) is 0 Å². The van der Waals surface area contributed by atoms with Crippen LogP contribution in [0.15, 0.2) is 0 Å². The molecular weight excluding hydrogens is 426 g/mol. The largest absolute Gasteiger partial charge is 0.481 e. The van der Waals surface area contributed by atoms with Crippen LogP contribution in [0.25, 0.3) is 0 Å². The van der Waals surface area contributed by atoms with E-state index in [9.17, 15) is 28.8 Å². The summed E-state index contributed by atoms with van der Waals surface area (Å²) in [6.07, 6.45) is -1.45. The Hall–Kier alpha value is -2.91. The Morgan fingerprint density at radius 1 is 0.867 bits per heavy atom. The predicted molar refractivity (Wildman–Crippen MR) is 103 cm³/mol.